The molecule has 5 nitrogen and oxygen atoms in total. The third kappa shape index (κ3) is 3.51. The van der Waals surface area contributed by atoms with E-state index < -0.39 is 9.84 Å². The van der Waals surface area contributed by atoms with Gasteiger partial charge in [0, 0.05) is 6.54 Å². The largest absolute Gasteiger partial charge is 0.382 e. The topological polar surface area (TPSA) is 85.1 Å². The van der Waals surface area contributed by atoms with Crippen LogP contribution >= 0.6 is 11.5 Å². The Hall–Kier alpha value is -0.820. The third-order valence-corrected chi connectivity index (χ3v) is 7.43. The first-order valence-electron chi connectivity index (χ1n) is 7.66. The van der Waals surface area contributed by atoms with Crippen molar-refractivity contribution in [1.82, 2.24) is 4.37 Å². The van der Waals surface area contributed by atoms with Crippen LogP contribution < -0.4 is 11.1 Å². The molecule has 2 rings (SSSR count). The van der Waals surface area contributed by atoms with Crippen LogP contribution in [-0.4, -0.2) is 25.1 Å². The molecule has 1 saturated carbocycles. The Morgan fingerprint density at radius 2 is 2.00 bits per heavy atom. The predicted octanol–water partition coefficient (Wildman–Crippen LogP) is 3.29. The lowest BCUT2D eigenvalue weighted by molar-refractivity contribution is 0.307. The van der Waals surface area contributed by atoms with Gasteiger partial charge in [0.15, 0.2) is 15.7 Å². The van der Waals surface area contributed by atoms with E-state index in [1.54, 1.807) is 0 Å². The Labute approximate surface area is 131 Å². The number of hydrogen-bond donors (Lipinski definition) is 2. The number of nitrogens with two attached hydrogens (primary N) is 1. The number of sulfone groups is 1. The SMILES string of the molecule is CCCS(=O)(=O)c1c(N)nsc1NCC1(CC)CCCC1. The van der Waals surface area contributed by atoms with E-state index in [1.807, 2.05) is 6.92 Å². The van der Waals surface area contributed by atoms with Crippen molar-refractivity contribution in [2.45, 2.75) is 57.3 Å². The van der Waals surface area contributed by atoms with Gasteiger partial charge in [0.25, 0.3) is 0 Å². The Balaban J connectivity index is 2.18. The monoisotopic (exact) mass is 331 g/mol. The molecule has 0 bridgehead atoms. The molecule has 1 aliphatic carbocycles. The molecule has 0 radical (unpaired) electrons. The Morgan fingerprint density at radius 3 is 2.57 bits per heavy atom. The number of rotatable bonds is 7. The lowest BCUT2D eigenvalue weighted by atomic mass is 9.83. The molecule has 0 aromatic carbocycles. The zero-order chi connectivity index (χ0) is 15.5. The summed E-state index contributed by atoms with van der Waals surface area (Å²) in [5, 5.41) is 3.94. The number of nitrogens with one attached hydrogen (secondary N) is 1. The summed E-state index contributed by atoms with van der Waals surface area (Å²) in [6.07, 6.45) is 6.65. The van der Waals surface area contributed by atoms with E-state index in [0.717, 1.165) is 24.5 Å². The van der Waals surface area contributed by atoms with Crippen molar-refractivity contribution in [3.05, 3.63) is 0 Å². The smallest absolute Gasteiger partial charge is 0.185 e. The molecule has 1 aromatic rings. The average Bonchev–Trinajstić information content (AvgIpc) is 3.04. The molecule has 1 fully saturated rings. The van der Waals surface area contributed by atoms with Gasteiger partial charge in [-0.1, -0.05) is 26.7 Å². The molecule has 0 spiro atoms. The van der Waals surface area contributed by atoms with Gasteiger partial charge in [-0.05, 0) is 42.6 Å². The van der Waals surface area contributed by atoms with Crippen LogP contribution in [0.2, 0.25) is 0 Å². The Kier molecular flexibility index (Phi) is 5.14. The number of nitrogen functional groups attached to an aromatic ring is 1. The van der Waals surface area contributed by atoms with Crippen LogP contribution in [0.3, 0.4) is 0 Å². The van der Waals surface area contributed by atoms with Crippen molar-refractivity contribution in [3.8, 4) is 0 Å². The lowest BCUT2D eigenvalue weighted by Gasteiger charge is -2.27. The van der Waals surface area contributed by atoms with E-state index in [-0.39, 0.29) is 16.5 Å². The summed E-state index contributed by atoms with van der Waals surface area (Å²) in [4.78, 5) is 0.207. The molecule has 1 aromatic heterocycles. The van der Waals surface area contributed by atoms with E-state index in [9.17, 15) is 8.42 Å². The van der Waals surface area contributed by atoms with Crippen LogP contribution in [-0.2, 0) is 9.84 Å². The van der Waals surface area contributed by atoms with E-state index in [4.69, 9.17) is 5.73 Å². The number of anilines is 2. The van der Waals surface area contributed by atoms with Crippen molar-refractivity contribution < 1.29 is 8.42 Å². The zero-order valence-electron chi connectivity index (χ0n) is 12.8. The fraction of sp³-hybridized carbons (Fsp3) is 0.786. The Morgan fingerprint density at radius 1 is 1.33 bits per heavy atom. The number of hydrogen-bond acceptors (Lipinski definition) is 6. The maximum atomic E-state index is 12.3. The summed E-state index contributed by atoms with van der Waals surface area (Å²) >= 11 is 1.16. The number of nitrogens with zero attached hydrogens (tertiary/aromatic N) is 1. The highest BCUT2D eigenvalue weighted by molar-refractivity contribution is 7.91. The fourth-order valence-corrected chi connectivity index (χ4v) is 5.74. The highest BCUT2D eigenvalue weighted by Crippen LogP contribution is 2.42. The summed E-state index contributed by atoms with van der Waals surface area (Å²) in [7, 11) is -3.34. The van der Waals surface area contributed by atoms with Gasteiger partial charge in [-0.15, -0.1) is 0 Å². The summed E-state index contributed by atoms with van der Waals surface area (Å²) in [5.74, 6) is 0.247. The third-order valence-electron chi connectivity index (χ3n) is 4.50. The van der Waals surface area contributed by atoms with Crippen LogP contribution in [0, 0.1) is 5.41 Å². The molecule has 120 valence electrons. The van der Waals surface area contributed by atoms with E-state index in [2.05, 4.69) is 16.6 Å². The van der Waals surface area contributed by atoms with Gasteiger partial charge >= 0.3 is 0 Å². The molecule has 0 unspecified atom stereocenters. The predicted molar refractivity (Wildman–Crippen MR) is 88.6 cm³/mol. The summed E-state index contributed by atoms with van der Waals surface area (Å²) in [6.45, 7) is 4.87. The van der Waals surface area contributed by atoms with Crippen molar-refractivity contribution in [2.75, 3.05) is 23.3 Å². The highest BCUT2D eigenvalue weighted by Gasteiger charge is 2.33. The van der Waals surface area contributed by atoms with Crippen LogP contribution in [0.5, 0.6) is 0 Å². The lowest BCUT2D eigenvalue weighted by Crippen LogP contribution is -2.26. The fourth-order valence-electron chi connectivity index (χ4n) is 3.13. The zero-order valence-corrected chi connectivity index (χ0v) is 14.4. The van der Waals surface area contributed by atoms with Crippen molar-refractivity contribution in [1.29, 1.82) is 0 Å². The standard InChI is InChI=1S/C14H25N3O2S2/c1-3-9-21(18,19)11-12(15)17-20-13(11)16-10-14(4-2)7-5-6-8-14/h16H,3-10H2,1-2H3,(H2,15,17). The number of aromatic nitrogens is 1. The average molecular weight is 332 g/mol. The van der Waals surface area contributed by atoms with Crippen LogP contribution in [0.4, 0.5) is 10.8 Å². The van der Waals surface area contributed by atoms with Gasteiger partial charge < -0.3 is 11.1 Å². The maximum absolute atomic E-state index is 12.3. The van der Waals surface area contributed by atoms with E-state index in [0.29, 0.717) is 16.8 Å². The van der Waals surface area contributed by atoms with Crippen LogP contribution in [0.25, 0.3) is 0 Å². The molecule has 0 atom stereocenters. The molecule has 21 heavy (non-hydrogen) atoms. The summed E-state index contributed by atoms with van der Waals surface area (Å²) < 4.78 is 28.7. The first-order chi connectivity index (χ1) is 9.94. The van der Waals surface area contributed by atoms with Crippen LogP contribution in [0.1, 0.15) is 52.4 Å². The molecule has 7 heteroatoms. The molecule has 3 N–H and O–H groups in total. The molecule has 1 heterocycles. The van der Waals surface area contributed by atoms with Gasteiger partial charge in [-0.25, -0.2) is 8.42 Å². The van der Waals surface area contributed by atoms with Gasteiger partial charge in [0.05, 0.1) is 5.75 Å². The molecule has 0 amide bonds. The second kappa shape index (κ2) is 6.52. The summed E-state index contributed by atoms with van der Waals surface area (Å²) in [5.41, 5.74) is 6.08. The molecule has 0 aliphatic heterocycles. The van der Waals surface area contributed by atoms with Crippen molar-refractivity contribution >= 4 is 32.2 Å². The van der Waals surface area contributed by atoms with Crippen molar-refractivity contribution in [3.63, 3.8) is 0 Å². The molecular formula is C14H25N3O2S2. The Bertz CT molecular complexity index is 575. The van der Waals surface area contributed by atoms with Gasteiger partial charge in [0.2, 0.25) is 0 Å². The van der Waals surface area contributed by atoms with Gasteiger partial charge in [-0.3, -0.25) is 0 Å². The first kappa shape index (κ1) is 16.5. The molecular weight excluding hydrogens is 306 g/mol. The highest BCUT2D eigenvalue weighted by atomic mass is 32.2. The minimum atomic E-state index is -3.34. The second-order valence-corrected chi connectivity index (χ2v) is 8.78. The summed E-state index contributed by atoms with van der Waals surface area (Å²) in [6, 6.07) is 0. The van der Waals surface area contributed by atoms with Crippen molar-refractivity contribution in [2.24, 2.45) is 5.41 Å². The molecule has 0 saturated heterocycles. The van der Waals surface area contributed by atoms with Crippen LogP contribution in [0.15, 0.2) is 4.90 Å². The van der Waals surface area contributed by atoms with E-state index in [1.165, 1.54) is 25.7 Å². The van der Waals surface area contributed by atoms with E-state index >= 15 is 0 Å². The molecule has 1 aliphatic rings. The minimum absolute atomic E-state index is 0.114. The second-order valence-electron chi connectivity index (χ2n) is 5.96. The quantitative estimate of drug-likeness (QED) is 0.801. The maximum Gasteiger partial charge on any atom is 0.185 e. The minimum Gasteiger partial charge on any atom is -0.382 e. The normalized spacial score (nSPS) is 18.0. The van der Waals surface area contributed by atoms with Gasteiger partial charge in [0.1, 0.15) is 9.90 Å². The van der Waals surface area contributed by atoms with Gasteiger partial charge in [-0.2, -0.15) is 4.37 Å². The first-order valence-corrected chi connectivity index (χ1v) is 10.1.